The molecule has 9 nitrogen and oxygen atoms in total. The Morgan fingerprint density at radius 3 is 2.93 bits per heavy atom. The van der Waals surface area contributed by atoms with Gasteiger partial charge < -0.3 is 14.3 Å². The second-order valence-corrected chi connectivity index (χ2v) is 5.89. The van der Waals surface area contributed by atoms with E-state index in [1.165, 1.54) is 10.9 Å². The van der Waals surface area contributed by atoms with Crippen LogP contribution in [0, 0.1) is 13.8 Å². The maximum Gasteiger partial charge on any atom is 0.255 e. The fourth-order valence-electron chi connectivity index (χ4n) is 2.61. The van der Waals surface area contributed by atoms with Crippen molar-refractivity contribution in [3.8, 4) is 17.4 Å². The predicted molar refractivity (Wildman–Crippen MR) is 94.0 cm³/mol. The van der Waals surface area contributed by atoms with Gasteiger partial charge in [-0.05, 0) is 32.0 Å². The average Bonchev–Trinajstić information content (AvgIpc) is 3.41. The molecule has 0 aliphatic carbocycles. The number of hydrogen-bond donors (Lipinski definition) is 1. The van der Waals surface area contributed by atoms with Gasteiger partial charge in [-0.25, -0.2) is 14.6 Å². The van der Waals surface area contributed by atoms with E-state index in [0.717, 1.165) is 5.69 Å². The van der Waals surface area contributed by atoms with Crippen LogP contribution in [-0.4, -0.2) is 30.8 Å². The lowest BCUT2D eigenvalue weighted by Crippen LogP contribution is -2.23. The zero-order valence-corrected chi connectivity index (χ0v) is 14.7. The van der Waals surface area contributed by atoms with Crippen molar-refractivity contribution in [1.29, 1.82) is 0 Å². The Kier molecular flexibility index (Phi) is 4.25. The first-order valence-corrected chi connectivity index (χ1v) is 8.24. The van der Waals surface area contributed by atoms with Crippen LogP contribution in [0.1, 0.15) is 27.5 Å². The third-order valence-corrected chi connectivity index (χ3v) is 3.96. The first kappa shape index (κ1) is 16.7. The highest BCUT2D eigenvalue weighted by atomic mass is 16.5. The number of nitrogens with one attached hydrogen (secondary N) is 1. The molecule has 0 bridgehead atoms. The van der Waals surface area contributed by atoms with Crippen LogP contribution < -0.4 is 5.32 Å². The molecule has 0 radical (unpaired) electrons. The highest BCUT2D eigenvalue weighted by Crippen LogP contribution is 2.18. The van der Waals surface area contributed by atoms with Crippen LogP contribution in [0.4, 0.5) is 0 Å². The molecule has 0 spiro atoms. The van der Waals surface area contributed by atoms with Gasteiger partial charge in [0.2, 0.25) is 0 Å². The van der Waals surface area contributed by atoms with Crippen LogP contribution >= 0.6 is 0 Å². The first-order valence-electron chi connectivity index (χ1n) is 8.24. The van der Waals surface area contributed by atoms with E-state index >= 15 is 0 Å². The Hall–Kier alpha value is -3.75. The second kappa shape index (κ2) is 6.87. The Balaban J connectivity index is 1.55. The van der Waals surface area contributed by atoms with E-state index in [9.17, 15) is 4.79 Å². The minimum Gasteiger partial charge on any atom is -0.463 e. The third-order valence-electron chi connectivity index (χ3n) is 3.96. The van der Waals surface area contributed by atoms with E-state index in [4.69, 9.17) is 8.94 Å². The summed E-state index contributed by atoms with van der Waals surface area (Å²) < 4.78 is 12.0. The smallest absolute Gasteiger partial charge is 0.255 e. The molecule has 0 fully saturated rings. The first-order chi connectivity index (χ1) is 13.1. The highest BCUT2D eigenvalue weighted by Gasteiger charge is 2.17. The van der Waals surface area contributed by atoms with Gasteiger partial charge in [-0.2, -0.15) is 5.10 Å². The van der Waals surface area contributed by atoms with E-state index in [-0.39, 0.29) is 12.5 Å². The summed E-state index contributed by atoms with van der Waals surface area (Å²) in [5.74, 6) is 1.30. The molecule has 9 heteroatoms. The van der Waals surface area contributed by atoms with Crippen molar-refractivity contribution in [1.82, 2.24) is 30.2 Å². The number of aromatic nitrogens is 5. The Labute approximate surface area is 154 Å². The molecule has 1 amide bonds. The molecule has 4 aromatic rings. The number of carbonyl (C=O) groups excluding carboxylic acids is 1. The summed E-state index contributed by atoms with van der Waals surface area (Å²) >= 11 is 0. The van der Waals surface area contributed by atoms with Gasteiger partial charge in [-0.15, -0.1) is 0 Å². The molecule has 4 heterocycles. The molecule has 4 aromatic heterocycles. The summed E-state index contributed by atoms with van der Waals surface area (Å²) in [4.78, 5) is 21.2. The summed E-state index contributed by atoms with van der Waals surface area (Å²) in [5.41, 5.74) is 2.44. The standard InChI is InChI=1S/C18H16N6O3/c1-11-8-13(27-23-11)9-20-17(25)14-10-21-24(12(14)2)18-19-6-5-15(22-18)16-4-3-7-26-16/h3-8,10H,9H2,1-2H3,(H,20,25). The Bertz CT molecular complexity index is 1080. The summed E-state index contributed by atoms with van der Waals surface area (Å²) in [6.45, 7) is 3.85. The van der Waals surface area contributed by atoms with Crippen LogP contribution in [-0.2, 0) is 6.54 Å². The van der Waals surface area contributed by atoms with Crippen LogP contribution in [0.5, 0.6) is 0 Å². The number of hydrogen-bond acceptors (Lipinski definition) is 7. The van der Waals surface area contributed by atoms with Crippen LogP contribution in [0.3, 0.4) is 0 Å². The number of carbonyl (C=O) groups is 1. The van der Waals surface area contributed by atoms with Gasteiger partial charge in [-0.3, -0.25) is 4.79 Å². The Morgan fingerprint density at radius 1 is 1.30 bits per heavy atom. The van der Waals surface area contributed by atoms with Crippen molar-refractivity contribution >= 4 is 5.91 Å². The van der Waals surface area contributed by atoms with Crippen molar-refractivity contribution < 1.29 is 13.7 Å². The van der Waals surface area contributed by atoms with Crippen molar-refractivity contribution in [3.63, 3.8) is 0 Å². The monoisotopic (exact) mass is 364 g/mol. The molecule has 4 rings (SSSR count). The topological polar surface area (TPSA) is 112 Å². The molecule has 0 atom stereocenters. The van der Waals surface area contributed by atoms with E-state index in [1.807, 2.05) is 13.0 Å². The fourth-order valence-corrected chi connectivity index (χ4v) is 2.61. The highest BCUT2D eigenvalue weighted by molar-refractivity contribution is 5.95. The minimum absolute atomic E-state index is 0.245. The summed E-state index contributed by atoms with van der Waals surface area (Å²) in [6.07, 6.45) is 4.68. The molecular formula is C18H16N6O3. The molecule has 1 N–H and O–H groups in total. The quantitative estimate of drug-likeness (QED) is 0.579. The molecule has 0 unspecified atom stereocenters. The number of aryl methyl sites for hydroxylation is 1. The largest absolute Gasteiger partial charge is 0.463 e. The van der Waals surface area contributed by atoms with Crippen LogP contribution in [0.15, 0.2) is 51.9 Å². The summed E-state index contributed by atoms with van der Waals surface area (Å²) in [5, 5.41) is 10.8. The zero-order valence-electron chi connectivity index (χ0n) is 14.7. The molecule has 0 saturated heterocycles. The van der Waals surface area contributed by atoms with Crippen molar-refractivity contribution in [2.24, 2.45) is 0 Å². The second-order valence-electron chi connectivity index (χ2n) is 5.89. The van der Waals surface area contributed by atoms with E-state index in [2.05, 4.69) is 25.5 Å². The number of furan rings is 1. The lowest BCUT2D eigenvalue weighted by atomic mass is 10.2. The lowest BCUT2D eigenvalue weighted by molar-refractivity contribution is 0.0946. The van der Waals surface area contributed by atoms with Crippen molar-refractivity contribution in [2.45, 2.75) is 20.4 Å². The van der Waals surface area contributed by atoms with Gasteiger partial charge in [0.05, 0.1) is 36.0 Å². The van der Waals surface area contributed by atoms with E-state index < -0.39 is 0 Å². The van der Waals surface area contributed by atoms with Gasteiger partial charge in [0.1, 0.15) is 5.69 Å². The third kappa shape index (κ3) is 3.34. The zero-order chi connectivity index (χ0) is 18.8. The molecular weight excluding hydrogens is 348 g/mol. The lowest BCUT2D eigenvalue weighted by Gasteiger charge is -2.05. The Morgan fingerprint density at radius 2 is 2.19 bits per heavy atom. The van der Waals surface area contributed by atoms with Gasteiger partial charge in [0.15, 0.2) is 11.5 Å². The molecule has 136 valence electrons. The normalized spacial score (nSPS) is 10.9. The molecule has 0 aliphatic rings. The van der Waals surface area contributed by atoms with Crippen LogP contribution in [0.25, 0.3) is 17.4 Å². The number of nitrogens with zero attached hydrogens (tertiary/aromatic N) is 5. The van der Waals surface area contributed by atoms with E-state index in [0.29, 0.717) is 34.4 Å². The molecule has 0 aliphatic heterocycles. The molecule has 0 saturated carbocycles. The maximum absolute atomic E-state index is 12.5. The van der Waals surface area contributed by atoms with Crippen molar-refractivity contribution in [2.75, 3.05) is 0 Å². The van der Waals surface area contributed by atoms with Crippen LogP contribution in [0.2, 0.25) is 0 Å². The molecule has 27 heavy (non-hydrogen) atoms. The van der Waals surface area contributed by atoms with Gasteiger partial charge in [-0.1, -0.05) is 5.16 Å². The van der Waals surface area contributed by atoms with Gasteiger partial charge >= 0.3 is 0 Å². The average molecular weight is 364 g/mol. The summed E-state index contributed by atoms with van der Waals surface area (Å²) in [6, 6.07) is 7.11. The number of amides is 1. The summed E-state index contributed by atoms with van der Waals surface area (Å²) in [7, 11) is 0. The van der Waals surface area contributed by atoms with Crippen molar-refractivity contribution in [3.05, 3.63) is 65.6 Å². The maximum atomic E-state index is 12.5. The SMILES string of the molecule is Cc1cc(CNC(=O)c2cnn(-c3nccc(-c4ccco4)n3)c2C)on1. The van der Waals surface area contributed by atoms with E-state index in [1.54, 1.807) is 37.6 Å². The van der Waals surface area contributed by atoms with Gasteiger partial charge in [0.25, 0.3) is 11.9 Å². The predicted octanol–water partition coefficient (Wildman–Crippen LogP) is 2.46. The number of rotatable bonds is 5. The fraction of sp³-hybridized carbons (Fsp3) is 0.167. The minimum atomic E-state index is -0.269. The molecule has 0 aromatic carbocycles. The van der Waals surface area contributed by atoms with Gasteiger partial charge in [0, 0.05) is 12.3 Å².